The van der Waals surface area contributed by atoms with Crippen molar-refractivity contribution in [2.75, 3.05) is 18.4 Å². The molecule has 3 N–H and O–H groups in total. The van der Waals surface area contributed by atoms with Gasteiger partial charge in [0.25, 0.3) is 0 Å². The zero-order valence-electron chi connectivity index (χ0n) is 13.1. The standard InChI is InChI=1S/C13H23N5O3/c1-9-8-10(17-18(9)5)16-11(19)14-6-7-15-12(20)21-13(2,3)4/h8H,6-7H2,1-5H3,(H,15,20)(H2,14,16,17,19). The van der Waals surface area contributed by atoms with Crippen molar-refractivity contribution < 1.29 is 14.3 Å². The second-order valence-electron chi connectivity index (χ2n) is 5.60. The van der Waals surface area contributed by atoms with Crippen molar-refractivity contribution in [1.29, 1.82) is 0 Å². The summed E-state index contributed by atoms with van der Waals surface area (Å²) in [7, 11) is 1.79. The molecule has 0 saturated heterocycles. The first kappa shape index (κ1) is 16.8. The van der Waals surface area contributed by atoms with E-state index in [1.165, 1.54) is 0 Å². The first-order valence-corrected chi connectivity index (χ1v) is 6.70. The third-order valence-corrected chi connectivity index (χ3v) is 2.43. The van der Waals surface area contributed by atoms with Gasteiger partial charge in [-0.3, -0.25) is 10.00 Å². The number of hydrogen-bond acceptors (Lipinski definition) is 4. The molecule has 0 fully saturated rings. The van der Waals surface area contributed by atoms with E-state index < -0.39 is 11.7 Å². The van der Waals surface area contributed by atoms with Gasteiger partial charge >= 0.3 is 12.1 Å². The second kappa shape index (κ2) is 6.96. The van der Waals surface area contributed by atoms with Crippen LogP contribution in [0.1, 0.15) is 26.5 Å². The van der Waals surface area contributed by atoms with Gasteiger partial charge in [0, 0.05) is 31.9 Å². The molecule has 0 aromatic carbocycles. The molecule has 0 bridgehead atoms. The number of nitrogens with one attached hydrogen (secondary N) is 3. The summed E-state index contributed by atoms with van der Waals surface area (Å²) < 4.78 is 6.73. The normalized spacial score (nSPS) is 10.9. The van der Waals surface area contributed by atoms with Gasteiger partial charge in [0.2, 0.25) is 0 Å². The summed E-state index contributed by atoms with van der Waals surface area (Å²) in [5, 5.41) is 11.9. The van der Waals surface area contributed by atoms with Crippen molar-refractivity contribution in [2.45, 2.75) is 33.3 Å². The van der Waals surface area contributed by atoms with Crippen LogP contribution in [-0.4, -0.2) is 40.6 Å². The fraction of sp³-hybridized carbons (Fsp3) is 0.615. The zero-order valence-corrected chi connectivity index (χ0v) is 13.1. The van der Waals surface area contributed by atoms with Gasteiger partial charge in [0.1, 0.15) is 5.60 Å². The van der Waals surface area contributed by atoms with E-state index in [2.05, 4.69) is 21.0 Å². The molecular formula is C13H23N5O3. The third-order valence-electron chi connectivity index (χ3n) is 2.43. The minimum Gasteiger partial charge on any atom is -0.444 e. The van der Waals surface area contributed by atoms with Crippen LogP contribution in [0.25, 0.3) is 0 Å². The maximum atomic E-state index is 11.6. The third kappa shape index (κ3) is 6.64. The van der Waals surface area contributed by atoms with E-state index in [1.807, 2.05) is 6.92 Å². The molecule has 0 aliphatic rings. The van der Waals surface area contributed by atoms with E-state index in [1.54, 1.807) is 38.6 Å². The summed E-state index contributed by atoms with van der Waals surface area (Å²) in [5.74, 6) is 0.479. The first-order chi connectivity index (χ1) is 9.67. The number of alkyl carbamates (subject to hydrolysis) is 1. The van der Waals surface area contributed by atoms with Crippen LogP contribution in [0.15, 0.2) is 6.07 Å². The number of aryl methyl sites for hydroxylation is 2. The lowest BCUT2D eigenvalue weighted by Gasteiger charge is -2.19. The Morgan fingerprint density at radius 3 is 2.43 bits per heavy atom. The summed E-state index contributed by atoms with van der Waals surface area (Å²) in [6, 6.07) is 1.39. The van der Waals surface area contributed by atoms with Crippen LogP contribution in [0, 0.1) is 6.92 Å². The van der Waals surface area contributed by atoms with Crippen molar-refractivity contribution in [3.8, 4) is 0 Å². The van der Waals surface area contributed by atoms with Gasteiger partial charge in [-0.2, -0.15) is 5.10 Å². The maximum absolute atomic E-state index is 11.6. The predicted octanol–water partition coefficient (Wildman–Crippen LogP) is 1.37. The second-order valence-corrected chi connectivity index (χ2v) is 5.60. The molecule has 1 heterocycles. The highest BCUT2D eigenvalue weighted by Gasteiger charge is 2.15. The highest BCUT2D eigenvalue weighted by Crippen LogP contribution is 2.06. The highest BCUT2D eigenvalue weighted by molar-refractivity contribution is 5.88. The monoisotopic (exact) mass is 297 g/mol. The molecule has 0 radical (unpaired) electrons. The van der Waals surface area contributed by atoms with Crippen LogP contribution < -0.4 is 16.0 Å². The smallest absolute Gasteiger partial charge is 0.407 e. The Labute approximate surface area is 124 Å². The van der Waals surface area contributed by atoms with E-state index in [0.717, 1.165) is 5.69 Å². The van der Waals surface area contributed by atoms with Gasteiger partial charge in [0.15, 0.2) is 5.82 Å². The Morgan fingerprint density at radius 2 is 1.90 bits per heavy atom. The molecule has 118 valence electrons. The molecule has 1 rings (SSSR count). The Balaban J connectivity index is 2.21. The molecule has 0 aliphatic carbocycles. The van der Waals surface area contributed by atoms with Gasteiger partial charge < -0.3 is 15.4 Å². The fourth-order valence-corrected chi connectivity index (χ4v) is 1.44. The van der Waals surface area contributed by atoms with Crippen LogP contribution >= 0.6 is 0 Å². The minimum atomic E-state index is -0.536. The number of carbonyl (C=O) groups is 2. The van der Waals surface area contributed by atoms with Gasteiger partial charge in [-0.25, -0.2) is 9.59 Å². The van der Waals surface area contributed by atoms with E-state index in [9.17, 15) is 9.59 Å². The van der Waals surface area contributed by atoms with Crippen molar-refractivity contribution in [2.24, 2.45) is 7.05 Å². The first-order valence-electron chi connectivity index (χ1n) is 6.70. The van der Waals surface area contributed by atoms with Crippen molar-refractivity contribution >= 4 is 17.9 Å². The SMILES string of the molecule is Cc1cc(NC(=O)NCCNC(=O)OC(C)(C)C)nn1C. The van der Waals surface area contributed by atoms with Crippen molar-refractivity contribution in [3.05, 3.63) is 11.8 Å². The van der Waals surface area contributed by atoms with Gasteiger partial charge in [-0.05, 0) is 27.7 Å². The summed E-state index contributed by atoms with van der Waals surface area (Å²) in [6.45, 7) is 7.81. The molecule has 21 heavy (non-hydrogen) atoms. The van der Waals surface area contributed by atoms with Gasteiger partial charge in [-0.15, -0.1) is 0 Å². The maximum Gasteiger partial charge on any atom is 0.407 e. The summed E-state index contributed by atoms with van der Waals surface area (Å²) in [4.78, 5) is 23.0. The number of amides is 3. The summed E-state index contributed by atoms with van der Waals surface area (Å²) in [5.41, 5.74) is 0.406. The Hall–Kier alpha value is -2.25. The predicted molar refractivity (Wildman–Crippen MR) is 79.2 cm³/mol. The Morgan fingerprint density at radius 1 is 1.29 bits per heavy atom. The Bertz CT molecular complexity index is 485. The van der Waals surface area contributed by atoms with Gasteiger partial charge in [0.05, 0.1) is 0 Å². The van der Waals surface area contributed by atoms with E-state index in [0.29, 0.717) is 5.82 Å². The lowest BCUT2D eigenvalue weighted by atomic mass is 10.2. The molecule has 8 heteroatoms. The topological polar surface area (TPSA) is 97.3 Å². The molecule has 1 aromatic heterocycles. The number of urea groups is 1. The lowest BCUT2D eigenvalue weighted by molar-refractivity contribution is 0.0528. The van der Waals surface area contributed by atoms with E-state index >= 15 is 0 Å². The zero-order chi connectivity index (χ0) is 16.0. The van der Waals surface area contributed by atoms with Crippen LogP contribution in [0.5, 0.6) is 0 Å². The number of ether oxygens (including phenoxy) is 1. The van der Waals surface area contributed by atoms with Crippen LogP contribution in [-0.2, 0) is 11.8 Å². The molecule has 0 atom stereocenters. The highest BCUT2D eigenvalue weighted by atomic mass is 16.6. The fourth-order valence-electron chi connectivity index (χ4n) is 1.44. The molecule has 0 aliphatic heterocycles. The van der Waals surface area contributed by atoms with Crippen LogP contribution in [0.3, 0.4) is 0 Å². The Kier molecular flexibility index (Phi) is 5.57. The molecule has 3 amide bonds. The lowest BCUT2D eigenvalue weighted by Crippen LogP contribution is -2.39. The molecule has 8 nitrogen and oxygen atoms in total. The van der Waals surface area contributed by atoms with E-state index in [-0.39, 0.29) is 19.1 Å². The average Bonchev–Trinajstić information content (AvgIpc) is 2.61. The number of rotatable bonds is 4. The van der Waals surface area contributed by atoms with E-state index in [4.69, 9.17) is 4.74 Å². The summed E-state index contributed by atoms with van der Waals surface area (Å²) >= 11 is 0. The number of nitrogens with zero attached hydrogens (tertiary/aromatic N) is 2. The van der Waals surface area contributed by atoms with Gasteiger partial charge in [-0.1, -0.05) is 0 Å². The van der Waals surface area contributed by atoms with Crippen molar-refractivity contribution in [3.63, 3.8) is 0 Å². The molecule has 0 spiro atoms. The molecular weight excluding hydrogens is 274 g/mol. The minimum absolute atomic E-state index is 0.281. The van der Waals surface area contributed by atoms with Crippen LogP contribution in [0.2, 0.25) is 0 Å². The number of hydrogen-bond donors (Lipinski definition) is 3. The number of carbonyl (C=O) groups excluding carboxylic acids is 2. The van der Waals surface area contributed by atoms with Crippen LogP contribution in [0.4, 0.5) is 15.4 Å². The number of anilines is 1. The molecule has 1 aromatic rings. The molecule has 0 unspecified atom stereocenters. The number of aromatic nitrogens is 2. The quantitative estimate of drug-likeness (QED) is 0.731. The summed E-state index contributed by atoms with van der Waals surface area (Å²) in [6.07, 6.45) is -0.509. The van der Waals surface area contributed by atoms with Crippen molar-refractivity contribution in [1.82, 2.24) is 20.4 Å². The average molecular weight is 297 g/mol. The largest absolute Gasteiger partial charge is 0.444 e. The molecule has 0 saturated carbocycles.